The van der Waals surface area contributed by atoms with E-state index in [-0.39, 0.29) is 11.1 Å². The third-order valence-corrected chi connectivity index (χ3v) is 3.26. The van der Waals surface area contributed by atoms with E-state index >= 15 is 0 Å². The lowest BCUT2D eigenvalue weighted by atomic mass is 10.1. The summed E-state index contributed by atoms with van der Waals surface area (Å²) in [6, 6.07) is 8.74. The van der Waals surface area contributed by atoms with Crippen molar-refractivity contribution in [3.05, 3.63) is 53.4 Å². The summed E-state index contributed by atoms with van der Waals surface area (Å²) in [5.41, 5.74) is 8.16. The van der Waals surface area contributed by atoms with Crippen LogP contribution in [-0.4, -0.2) is 15.9 Å². The number of aromatic amines is 1. The Morgan fingerprint density at radius 2 is 2.20 bits per heavy atom. The van der Waals surface area contributed by atoms with Crippen molar-refractivity contribution in [1.29, 1.82) is 0 Å². The number of H-pyrrole nitrogens is 1. The number of fused-ring (bicyclic) bond motifs is 1. The molecule has 4 N–H and O–H groups in total. The largest absolute Gasteiger partial charge is 0.399 e. The molecule has 1 amide bonds. The molecule has 0 bridgehead atoms. The minimum atomic E-state index is -0.254. The van der Waals surface area contributed by atoms with Crippen molar-refractivity contribution in [1.82, 2.24) is 9.97 Å². The molecule has 0 aliphatic carbocycles. The minimum absolute atomic E-state index is 0.254. The summed E-state index contributed by atoms with van der Waals surface area (Å²) < 4.78 is 0. The van der Waals surface area contributed by atoms with Crippen LogP contribution in [0.4, 0.5) is 11.4 Å². The summed E-state index contributed by atoms with van der Waals surface area (Å²) in [5.74, 6) is -0.254. The van der Waals surface area contributed by atoms with Gasteiger partial charge in [0.1, 0.15) is 0 Å². The first kappa shape index (κ1) is 12.5. The van der Waals surface area contributed by atoms with Crippen molar-refractivity contribution >= 4 is 39.8 Å². The molecule has 0 saturated heterocycles. The highest BCUT2D eigenvalue weighted by Gasteiger charge is 2.13. The summed E-state index contributed by atoms with van der Waals surface area (Å²) in [6.45, 7) is 0. The van der Waals surface area contributed by atoms with Crippen LogP contribution < -0.4 is 11.1 Å². The zero-order chi connectivity index (χ0) is 14.1. The number of nitrogens with one attached hydrogen (secondary N) is 2. The summed E-state index contributed by atoms with van der Waals surface area (Å²) in [5, 5.41) is 3.79. The number of nitrogens with zero attached hydrogens (tertiary/aromatic N) is 1. The first-order valence-corrected chi connectivity index (χ1v) is 6.31. The van der Waals surface area contributed by atoms with E-state index in [1.165, 1.54) is 0 Å². The van der Waals surface area contributed by atoms with Gasteiger partial charge in [0.25, 0.3) is 5.91 Å². The fraction of sp³-hybridized carbons (Fsp3) is 0. The van der Waals surface area contributed by atoms with E-state index in [4.69, 9.17) is 17.3 Å². The SMILES string of the molecule is Nc1ccc2c(C(=O)Nc3cccnc3Cl)c[nH]c2c1. The van der Waals surface area contributed by atoms with Gasteiger partial charge in [0, 0.05) is 29.0 Å². The van der Waals surface area contributed by atoms with E-state index in [1.807, 2.05) is 0 Å². The predicted octanol–water partition coefficient (Wildman–Crippen LogP) is 3.05. The van der Waals surface area contributed by atoms with Gasteiger partial charge < -0.3 is 16.0 Å². The van der Waals surface area contributed by atoms with Crippen LogP contribution in [0.5, 0.6) is 0 Å². The van der Waals surface area contributed by atoms with Crippen molar-refractivity contribution in [2.75, 3.05) is 11.1 Å². The van der Waals surface area contributed by atoms with Crippen LogP contribution >= 0.6 is 11.6 Å². The van der Waals surface area contributed by atoms with Crippen molar-refractivity contribution in [2.45, 2.75) is 0 Å². The van der Waals surface area contributed by atoms with Gasteiger partial charge in [-0.15, -0.1) is 0 Å². The predicted molar refractivity (Wildman–Crippen MR) is 79.9 cm³/mol. The average molecular weight is 287 g/mol. The maximum absolute atomic E-state index is 12.3. The molecular weight excluding hydrogens is 276 g/mol. The van der Waals surface area contributed by atoms with Crippen LogP contribution in [0.25, 0.3) is 10.9 Å². The Hall–Kier alpha value is -2.53. The van der Waals surface area contributed by atoms with Gasteiger partial charge in [-0.3, -0.25) is 4.79 Å². The Balaban J connectivity index is 1.95. The molecule has 2 aromatic heterocycles. The first-order chi connectivity index (χ1) is 9.65. The van der Waals surface area contributed by atoms with Gasteiger partial charge in [-0.25, -0.2) is 4.98 Å². The number of amides is 1. The molecule has 1 aromatic carbocycles. The molecule has 20 heavy (non-hydrogen) atoms. The lowest BCUT2D eigenvalue weighted by Gasteiger charge is -2.05. The maximum Gasteiger partial charge on any atom is 0.257 e. The highest BCUT2D eigenvalue weighted by molar-refractivity contribution is 6.32. The van der Waals surface area contributed by atoms with Crippen molar-refractivity contribution in [3.63, 3.8) is 0 Å². The molecule has 5 nitrogen and oxygen atoms in total. The lowest BCUT2D eigenvalue weighted by Crippen LogP contribution is -2.11. The Kier molecular flexibility index (Phi) is 3.04. The number of aromatic nitrogens is 2. The zero-order valence-electron chi connectivity index (χ0n) is 10.4. The number of rotatable bonds is 2. The highest BCUT2D eigenvalue weighted by atomic mass is 35.5. The average Bonchev–Trinajstić information content (AvgIpc) is 2.84. The Bertz CT molecular complexity index is 797. The molecule has 0 spiro atoms. The van der Waals surface area contributed by atoms with E-state index in [0.29, 0.717) is 16.9 Å². The topological polar surface area (TPSA) is 83.8 Å². The van der Waals surface area contributed by atoms with Crippen LogP contribution in [0.3, 0.4) is 0 Å². The standard InChI is InChI=1S/C14H11ClN4O/c15-13-11(2-1-5-17-13)19-14(20)10-7-18-12-6-8(16)3-4-9(10)12/h1-7,18H,16H2,(H,19,20). The molecule has 6 heteroatoms. The minimum Gasteiger partial charge on any atom is -0.399 e. The molecule has 0 aliphatic rings. The third-order valence-electron chi connectivity index (χ3n) is 2.96. The lowest BCUT2D eigenvalue weighted by molar-refractivity contribution is 0.102. The third kappa shape index (κ3) is 2.19. The molecule has 0 atom stereocenters. The monoisotopic (exact) mass is 286 g/mol. The van der Waals surface area contributed by atoms with Crippen LogP contribution in [-0.2, 0) is 0 Å². The summed E-state index contributed by atoms with van der Waals surface area (Å²) in [4.78, 5) is 19.2. The molecule has 0 aliphatic heterocycles. The van der Waals surface area contributed by atoms with Gasteiger partial charge in [0.15, 0.2) is 5.15 Å². The van der Waals surface area contributed by atoms with E-state index < -0.39 is 0 Å². The molecule has 2 heterocycles. The number of halogens is 1. The molecule has 0 saturated carbocycles. The van der Waals surface area contributed by atoms with E-state index in [0.717, 1.165) is 10.9 Å². The summed E-state index contributed by atoms with van der Waals surface area (Å²) >= 11 is 5.92. The number of benzene rings is 1. The zero-order valence-corrected chi connectivity index (χ0v) is 11.1. The molecule has 0 unspecified atom stereocenters. The number of carbonyl (C=O) groups excluding carboxylic acids is 1. The van der Waals surface area contributed by atoms with Crippen LogP contribution in [0.1, 0.15) is 10.4 Å². The molecule has 3 rings (SSSR count). The number of hydrogen-bond donors (Lipinski definition) is 3. The molecule has 0 radical (unpaired) electrons. The first-order valence-electron chi connectivity index (χ1n) is 5.93. The second kappa shape index (κ2) is 4.86. The van der Waals surface area contributed by atoms with Gasteiger partial charge in [0.05, 0.1) is 11.3 Å². The number of anilines is 2. The number of nitrogens with two attached hydrogens (primary N) is 1. The molecular formula is C14H11ClN4O. The summed E-state index contributed by atoms with van der Waals surface area (Å²) in [7, 11) is 0. The van der Waals surface area contributed by atoms with E-state index in [2.05, 4.69) is 15.3 Å². The van der Waals surface area contributed by atoms with Gasteiger partial charge >= 0.3 is 0 Å². The quantitative estimate of drug-likeness (QED) is 0.500. The second-order valence-electron chi connectivity index (χ2n) is 4.30. The Morgan fingerprint density at radius 1 is 1.35 bits per heavy atom. The van der Waals surface area contributed by atoms with Crippen LogP contribution in [0, 0.1) is 0 Å². The normalized spacial score (nSPS) is 10.7. The van der Waals surface area contributed by atoms with Gasteiger partial charge in [0.2, 0.25) is 0 Å². The van der Waals surface area contributed by atoms with E-state index in [1.54, 1.807) is 42.7 Å². The second-order valence-corrected chi connectivity index (χ2v) is 4.66. The van der Waals surface area contributed by atoms with Crippen molar-refractivity contribution in [3.8, 4) is 0 Å². The smallest absolute Gasteiger partial charge is 0.257 e. The van der Waals surface area contributed by atoms with Crippen LogP contribution in [0.2, 0.25) is 5.15 Å². The Morgan fingerprint density at radius 3 is 3.00 bits per heavy atom. The van der Waals surface area contributed by atoms with Gasteiger partial charge in [-0.2, -0.15) is 0 Å². The number of nitrogen functional groups attached to an aromatic ring is 1. The van der Waals surface area contributed by atoms with Crippen molar-refractivity contribution in [2.24, 2.45) is 0 Å². The van der Waals surface area contributed by atoms with Crippen LogP contribution in [0.15, 0.2) is 42.7 Å². The van der Waals surface area contributed by atoms with Gasteiger partial charge in [-0.05, 0) is 30.3 Å². The maximum atomic E-state index is 12.3. The number of pyridine rings is 1. The number of carbonyl (C=O) groups is 1. The van der Waals surface area contributed by atoms with Gasteiger partial charge in [-0.1, -0.05) is 11.6 Å². The fourth-order valence-electron chi connectivity index (χ4n) is 2.00. The summed E-state index contributed by atoms with van der Waals surface area (Å²) in [6.07, 6.45) is 3.20. The molecule has 3 aromatic rings. The number of hydrogen-bond acceptors (Lipinski definition) is 3. The van der Waals surface area contributed by atoms with E-state index in [9.17, 15) is 4.79 Å². The Labute approximate surface area is 119 Å². The molecule has 0 fully saturated rings. The fourth-order valence-corrected chi connectivity index (χ4v) is 2.17. The highest BCUT2D eigenvalue weighted by Crippen LogP contribution is 2.23. The van der Waals surface area contributed by atoms with Crippen molar-refractivity contribution < 1.29 is 4.79 Å². The molecule has 100 valence electrons.